The Bertz CT molecular complexity index is 589. The van der Waals surface area contributed by atoms with E-state index in [-0.39, 0.29) is 26.4 Å². The minimum Gasteiger partial charge on any atom is -0.515 e. The molecule has 20 heavy (non-hydrogen) atoms. The Morgan fingerprint density at radius 1 is 0.950 bits per heavy atom. The van der Waals surface area contributed by atoms with Crippen LogP contribution < -0.4 is 0 Å². The fourth-order valence-electron chi connectivity index (χ4n) is 1.48. The first-order valence-electron chi connectivity index (χ1n) is 5.16. The van der Waals surface area contributed by atoms with Gasteiger partial charge in [-0.15, -0.1) is 0 Å². The van der Waals surface area contributed by atoms with Gasteiger partial charge in [-0.05, 0) is 0 Å². The van der Waals surface area contributed by atoms with Gasteiger partial charge in [0.1, 0.15) is 12.5 Å². The summed E-state index contributed by atoms with van der Waals surface area (Å²) in [7, 11) is -6.24. The molecule has 3 aliphatic rings. The number of hydrogen-bond donors (Lipinski definition) is 0. The molecular weight excluding hydrogens is 434 g/mol. The Morgan fingerprint density at radius 2 is 1.60 bits per heavy atom. The normalized spacial score (nSPS) is 47.4. The van der Waals surface area contributed by atoms with Gasteiger partial charge in [0.05, 0.1) is 26.6 Å². The minimum atomic E-state index is -3.21. The molecule has 0 amide bonds. The molecule has 1 unspecified atom stereocenters. The topological polar surface area (TPSA) is 88.1 Å². The van der Waals surface area contributed by atoms with Crippen LogP contribution in [-0.4, -0.2) is 26.4 Å². The fourth-order valence-corrected chi connectivity index (χ4v) is 18.9. The lowest BCUT2D eigenvalue weighted by Crippen LogP contribution is -2.00. The highest BCUT2D eigenvalue weighted by Crippen LogP contribution is 2.92. The molecule has 0 radical (unpaired) electrons. The monoisotopic (exact) mass is 440 g/mol. The molecule has 3 rings (SSSR count). The van der Waals surface area contributed by atoms with Crippen LogP contribution in [0.5, 0.6) is 0 Å². The average molecular weight is 442 g/mol. The molecule has 0 saturated carbocycles. The van der Waals surface area contributed by atoms with Crippen molar-refractivity contribution < 1.29 is 18.1 Å². The predicted octanol–water partition coefficient (Wildman–Crippen LogP) is 6.94. The molecule has 3 aliphatic heterocycles. The fraction of sp³-hybridized carbons (Fsp3) is 1.00. The van der Waals surface area contributed by atoms with Crippen molar-refractivity contribution in [2.45, 2.75) is 0 Å². The van der Waals surface area contributed by atoms with Crippen LogP contribution in [0, 0.1) is 0 Å². The lowest BCUT2D eigenvalue weighted by atomic mass is 10.8. The van der Waals surface area contributed by atoms with Gasteiger partial charge in [-0.25, -0.2) is 0 Å². The molecule has 0 aromatic rings. The maximum absolute atomic E-state index is 6.30. The molecule has 0 saturated heterocycles. The van der Waals surface area contributed by atoms with Gasteiger partial charge in [-0.1, -0.05) is 38.2 Å². The molecule has 0 aromatic carbocycles. The number of nitrogens with zero attached hydrogens (tertiary/aromatic N) is 4. The molecule has 0 aromatic heterocycles. The lowest BCUT2D eigenvalue weighted by molar-refractivity contribution is 0.192. The first kappa shape index (κ1) is 16.9. The van der Waals surface area contributed by atoms with E-state index in [4.69, 9.17) is 63.1 Å². The SMILES string of the molecule is ClP1(Cl)=N[P+]2(Cl)N=[P@@]3(N=[P@](Cl)([N-]1)OCCO3)OCCO2. The van der Waals surface area contributed by atoms with E-state index in [2.05, 4.69) is 18.4 Å². The van der Waals surface area contributed by atoms with Crippen LogP contribution in [0.15, 0.2) is 13.5 Å². The molecule has 8 nitrogen and oxygen atoms in total. The summed E-state index contributed by atoms with van der Waals surface area (Å²) in [5, 5.41) is 0. The summed E-state index contributed by atoms with van der Waals surface area (Å²) in [4.78, 5) is 4.08. The quantitative estimate of drug-likeness (QED) is 0.381. The molecule has 3 heterocycles. The molecule has 16 heteroatoms. The van der Waals surface area contributed by atoms with E-state index in [1.165, 1.54) is 0 Å². The highest BCUT2D eigenvalue weighted by atomic mass is 35.9. The van der Waals surface area contributed by atoms with Crippen molar-refractivity contribution in [1.29, 1.82) is 0 Å². The standard InChI is InChI=1S/C4H8Cl4N4O4P4/c5-17(6)9-18(7)11-20(15-3-1-13-18)12-19(8,10-17)14-2-4-16-20/h1-4H2/t18-,19?,20+/m0/s1. The van der Waals surface area contributed by atoms with Crippen LogP contribution >= 0.6 is 72.5 Å². The minimum absolute atomic E-state index is 0.174. The highest BCUT2D eigenvalue weighted by Gasteiger charge is 2.50. The third kappa shape index (κ3) is 3.76. The Labute approximate surface area is 135 Å². The van der Waals surface area contributed by atoms with E-state index in [9.17, 15) is 0 Å². The van der Waals surface area contributed by atoms with Crippen molar-refractivity contribution in [2.24, 2.45) is 13.5 Å². The second-order valence-electron chi connectivity index (χ2n) is 3.58. The molecule has 0 fully saturated rings. The molecule has 3 atom stereocenters. The zero-order chi connectivity index (χ0) is 14.5. The largest absolute Gasteiger partial charge is 0.515 e. The van der Waals surface area contributed by atoms with Gasteiger partial charge < -0.3 is 18.4 Å². The summed E-state index contributed by atoms with van der Waals surface area (Å²) < 4.78 is 34.6. The number of fused-ring (bicyclic) bond motifs is 1. The van der Waals surface area contributed by atoms with Crippen molar-refractivity contribution in [1.82, 2.24) is 0 Å². The van der Waals surface area contributed by atoms with E-state index >= 15 is 0 Å². The van der Waals surface area contributed by atoms with E-state index in [0.29, 0.717) is 0 Å². The molecule has 0 aliphatic carbocycles. The summed E-state index contributed by atoms with van der Waals surface area (Å²) in [5.41, 5.74) is 0. The zero-order valence-corrected chi connectivity index (χ0v) is 16.2. The third-order valence-corrected chi connectivity index (χ3v) is 16.7. The first-order valence-corrected chi connectivity index (χ1v) is 15.2. The molecule has 3 bridgehead atoms. The van der Waals surface area contributed by atoms with Crippen molar-refractivity contribution in [3.8, 4) is 0 Å². The van der Waals surface area contributed by atoms with Crippen molar-refractivity contribution in [2.75, 3.05) is 26.4 Å². The van der Waals surface area contributed by atoms with Crippen LogP contribution in [0.25, 0.3) is 4.86 Å². The van der Waals surface area contributed by atoms with Gasteiger partial charge in [0.15, 0.2) is 11.2 Å². The van der Waals surface area contributed by atoms with Gasteiger partial charge in [0, 0.05) is 4.52 Å². The zero-order valence-electron chi connectivity index (χ0n) is 9.55. The summed E-state index contributed by atoms with van der Waals surface area (Å²) in [6, 6.07) is 0. The third-order valence-electron chi connectivity index (χ3n) is 2.08. The Morgan fingerprint density at radius 3 is 2.35 bits per heavy atom. The summed E-state index contributed by atoms with van der Waals surface area (Å²) in [6.07, 6.45) is 0. The van der Waals surface area contributed by atoms with Crippen molar-refractivity contribution >= 4 is 72.5 Å². The molecular formula is C4H8Cl4N4O4P4. The smallest absolute Gasteiger partial charge is 0.489 e. The number of hydrogen-bond acceptors (Lipinski definition) is 7. The molecule has 0 N–H and O–H groups in total. The number of rotatable bonds is 0. The van der Waals surface area contributed by atoms with Crippen molar-refractivity contribution in [3.63, 3.8) is 0 Å². The highest BCUT2D eigenvalue weighted by molar-refractivity contribution is 8.22. The number of halogens is 4. The Balaban J connectivity index is 2.27. The Kier molecular flexibility index (Phi) is 4.96. The van der Waals surface area contributed by atoms with E-state index in [0.717, 1.165) is 0 Å². The maximum Gasteiger partial charge on any atom is 0.489 e. The average Bonchev–Trinajstić information content (AvgIpc) is 2.51. The predicted molar refractivity (Wildman–Crippen MR) is 85.5 cm³/mol. The van der Waals surface area contributed by atoms with Crippen LogP contribution in [0.2, 0.25) is 0 Å². The van der Waals surface area contributed by atoms with E-state index < -0.39 is 27.5 Å². The van der Waals surface area contributed by atoms with Crippen LogP contribution in [-0.2, 0) is 18.1 Å². The maximum atomic E-state index is 6.30. The lowest BCUT2D eigenvalue weighted by Gasteiger charge is -2.34. The molecule has 116 valence electrons. The van der Waals surface area contributed by atoms with Crippen molar-refractivity contribution in [3.05, 3.63) is 4.86 Å². The van der Waals surface area contributed by atoms with Crippen LogP contribution in [0.1, 0.15) is 0 Å². The summed E-state index contributed by atoms with van der Waals surface area (Å²) in [6.45, 7) is -2.42. The summed E-state index contributed by atoms with van der Waals surface area (Å²) >= 11 is 24.8. The van der Waals surface area contributed by atoms with Gasteiger partial charge >= 0.3 is 14.8 Å². The van der Waals surface area contributed by atoms with Crippen LogP contribution in [0.4, 0.5) is 0 Å². The Hall–Kier alpha value is 2.08. The molecule has 1 spiro atoms. The first-order chi connectivity index (χ1) is 9.24. The summed E-state index contributed by atoms with van der Waals surface area (Å²) in [5.74, 6) is -3.21. The van der Waals surface area contributed by atoms with Crippen LogP contribution in [0.3, 0.4) is 0 Å². The van der Waals surface area contributed by atoms with E-state index in [1.54, 1.807) is 0 Å². The van der Waals surface area contributed by atoms with Gasteiger partial charge in [0.25, 0.3) is 0 Å². The second-order valence-corrected chi connectivity index (χ2v) is 17.3. The van der Waals surface area contributed by atoms with Gasteiger partial charge in [-0.3, -0.25) is 0 Å². The van der Waals surface area contributed by atoms with Gasteiger partial charge in [0.2, 0.25) is 0 Å². The second kappa shape index (κ2) is 5.86. The van der Waals surface area contributed by atoms with E-state index in [1.807, 2.05) is 0 Å². The van der Waals surface area contributed by atoms with Gasteiger partial charge in [-0.2, -0.15) is 9.04 Å².